The molecule has 2 unspecified atom stereocenters. The summed E-state index contributed by atoms with van der Waals surface area (Å²) in [5, 5.41) is 13.4. The molecule has 2 N–H and O–H groups in total. The maximum absolute atomic E-state index is 12.4. The highest BCUT2D eigenvalue weighted by molar-refractivity contribution is 7.86. The quantitative estimate of drug-likeness (QED) is 0.451. The molecule has 168 valence electrons. The van der Waals surface area contributed by atoms with Crippen molar-refractivity contribution in [2.24, 2.45) is 0 Å². The van der Waals surface area contributed by atoms with E-state index < -0.39 is 28.4 Å². The third-order valence-corrected chi connectivity index (χ3v) is 6.04. The molecule has 0 aliphatic rings. The Morgan fingerprint density at radius 3 is 2.06 bits per heavy atom. The van der Waals surface area contributed by atoms with Crippen LogP contribution in [0.5, 0.6) is 0 Å². The molecule has 3 aromatic carbocycles. The van der Waals surface area contributed by atoms with Crippen LogP contribution in [0.2, 0.25) is 0 Å². The summed E-state index contributed by atoms with van der Waals surface area (Å²) >= 11 is 0. The number of carbonyl (C=O) groups is 1. The van der Waals surface area contributed by atoms with Crippen molar-refractivity contribution in [1.82, 2.24) is 5.32 Å². The summed E-state index contributed by atoms with van der Waals surface area (Å²) in [5.74, 6) is 0. The average molecular weight is 456 g/mol. The first-order valence-corrected chi connectivity index (χ1v) is 11.5. The highest BCUT2D eigenvalue weighted by Gasteiger charge is 2.25. The van der Waals surface area contributed by atoms with Gasteiger partial charge in [-0.1, -0.05) is 78.9 Å². The zero-order valence-corrected chi connectivity index (χ0v) is 18.1. The maximum atomic E-state index is 12.4. The van der Waals surface area contributed by atoms with Crippen LogP contribution in [0.1, 0.15) is 23.6 Å². The first-order chi connectivity index (χ1) is 15.5. The lowest BCUT2D eigenvalue weighted by Crippen LogP contribution is -2.37. The van der Waals surface area contributed by atoms with Crippen LogP contribution in [0, 0.1) is 0 Å². The number of hydrogen-bond acceptors (Lipinski definition) is 6. The minimum atomic E-state index is -3.93. The van der Waals surface area contributed by atoms with Crippen LogP contribution < -0.4 is 5.32 Å². The van der Waals surface area contributed by atoms with E-state index in [2.05, 4.69) is 5.32 Å². The van der Waals surface area contributed by atoms with Crippen molar-refractivity contribution in [3.05, 3.63) is 102 Å². The molecule has 7 nitrogen and oxygen atoms in total. The first kappa shape index (κ1) is 23.5. The normalized spacial score (nSPS) is 13.2. The van der Waals surface area contributed by atoms with Crippen LogP contribution >= 0.6 is 0 Å². The fraction of sp³-hybridized carbons (Fsp3) is 0.208. The second-order valence-corrected chi connectivity index (χ2v) is 8.65. The number of carbonyl (C=O) groups excluding carboxylic acids is 1. The van der Waals surface area contributed by atoms with Crippen molar-refractivity contribution >= 4 is 16.2 Å². The van der Waals surface area contributed by atoms with Crippen molar-refractivity contribution in [2.45, 2.75) is 30.1 Å². The summed E-state index contributed by atoms with van der Waals surface area (Å²) in [5.41, 5.74) is 1.49. The standard InChI is InChI=1S/C24H25NO6S/c26-22(16-17-31-32(28,29)21-14-8-3-9-15-21)23(20-12-6-2-7-13-20)25-24(27)30-18-19-10-4-1-5-11-19/h1-15,22-23,26H,16-18H2,(H,25,27). The second kappa shape index (κ2) is 11.4. The molecule has 3 rings (SSSR count). The lowest BCUT2D eigenvalue weighted by Gasteiger charge is -2.24. The molecule has 0 saturated carbocycles. The molecular weight excluding hydrogens is 430 g/mol. The van der Waals surface area contributed by atoms with E-state index in [1.54, 1.807) is 42.5 Å². The molecule has 32 heavy (non-hydrogen) atoms. The summed E-state index contributed by atoms with van der Waals surface area (Å²) in [6.45, 7) is -0.162. The molecule has 0 saturated heterocycles. The number of benzene rings is 3. The SMILES string of the molecule is O=C(NC(c1ccccc1)C(O)CCOS(=O)(=O)c1ccccc1)OCc1ccccc1. The number of alkyl carbamates (subject to hydrolysis) is 1. The number of hydrogen-bond donors (Lipinski definition) is 2. The van der Waals surface area contributed by atoms with Crippen LogP contribution in [0.3, 0.4) is 0 Å². The Morgan fingerprint density at radius 2 is 1.44 bits per heavy atom. The van der Waals surface area contributed by atoms with E-state index in [9.17, 15) is 18.3 Å². The number of aliphatic hydroxyl groups is 1. The molecular formula is C24H25NO6S. The molecule has 1 amide bonds. The maximum Gasteiger partial charge on any atom is 0.408 e. The summed E-state index contributed by atoms with van der Waals surface area (Å²) in [7, 11) is -3.93. The molecule has 0 spiro atoms. The Balaban J connectivity index is 1.60. The van der Waals surface area contributed by atoms with E-state index in [0.717, 1.165) is 5.56 Å². The van der Waals surface area contributed by atoms with Crippen molar-refractivity contribution in [3.8, 4) is 0 Å². The summed E-state index contributed by atoms with van der Waals surface area (Å²) < 4.78 is 34.8. The largest absolute Gasteiger partial charge is 0.445 e. The predicted octanol–water partition coefficient (Wildman–Crippen LogP) is 3.81. The number of nitrogens with one attached hydrogen (secondary N) is 1. The molecule has 2 atom stereocenters. The number of ether oxygens (including phenoxy) is 1. The Kier molecular flexibility index (Phi) is 8.38. The van der Waals surface area contributed by atoms with Gasteiger partial charge in [-0.25, -0.2) is 4.79 Å². The van der Waals surface area contributed by atoms with Crippen molar-refractivity contribution in [1.29, 1.82) is 0 Å². The minimum absolute atomic E-state index is 0.0232. The van der Waals surface area contributed by atoms with Gasteiger partial charge in [0.05, 0.1) is 23.6 Å². The van der Waals surface area contributed by atoms with Crippen molar-refractivity contribution < 1.29 is 27.2 Å². The van der Waals surface area contributed by atoms with E-state index >= 15 is 0 Å². The lowest BCUT2D eigenvalue weighted by molar-refractivity contribution is 0.0866. The fourth-order valence-electron chi connectivity index (χ4n) is 3.05. The zero-order chi connectivity index (χ0) is 22.8. The fourth-order valence-corrected chi connectivity index (χ4v) is 4.00. The molecule has 0 bridgehead atoms. The van der Waals surface area contributed by atoms with Gasteiger partial charge in [-0.2, -0.15) is 8.42 Å². The monoisotopic (exact) mass is 455 g/mol. The third-order valence-electron chi connectivity index (χ3n) is 4.71. The molecule has 0 aliphatic heterocycles. The topological polar surface area (TPSA) is 102 Å². The molecule has 0 aromatic heterocycles. The van der Waals surface area contributed by atoms with Gasteiger partial charge in [-0.05, 0) is 23.3 Å². The summed E-state index contributed by atoms with van der Waals surface area (Å²) in [6, 6.07) is 25.1. The van der Waals surface area contributed by atoms with Crippen molar-refractivity contribution in [2.75, 3.05) is 6.61 Å². The van der Waals surface area contributed by atoms with Gasteiger partial charge in [0.1, 0.15) is 6.61 Å². The van der Waals surface area contributed by atoms with E-state index in [1.807, 2.05) is 36.4 Å². The molecule has 0 aliphatic carbocycles. The van der Waals surface area contributed by atoms with E-state index in [-0.39, 0.29) is 24.5 Å². The molecule has 0 radical (unpaired) electrons. The zero-order valence-electron chi connectivity index (χ0n) is 17.3. The van der Waals surface area contributed by atoms with Gasteiger partial charge < -0.3 is 15.2 Å². The number of aliphatic hydroxyl groups excluding tert-OH is 1. The Hall–Kier alpha value is -3.20. The second-order valence-electron chi connectivity index (χ2n) is 7.04. The van der Waals surface area contributed by atoms with Crippen LogP contribution in [-0.4, -0.2) is 32.3 Å². The van der Waals surface area contributed by atoms with Gasteiger partial charge in [0.25, 0.3) is 10.1 Å². The molecule has 0 fully saturated rings. The number of amides is 1. The van der Waals surface area contributed by atoms with Gasteiger partial charge in [-0.15, -0.1) is 0 Å². The Labute approximate surface area is 187 Å². The van der Waals surface area contributed by atoms with E-state index in [0.29, 0.717) is 5.56 Å². The highest BCUT2D eigenvalue weighted by atomic mass is 32.2. The predicted molar refractivity (Wildman–Crippen MR) is 119 cm³/mol. The van der Waals surface area contributed by atoms with Gasteiger partial charge in [0.2, 0.25) is 0 Å². The smallest absolute Gasteiger partial charge is 0.408 e. The summed E-state index contributed by atoms with van der Waals surface area (Å²) in [4.78, 5) is 12.4. The molecule has 0 heterocycles. The summed E-state index contributed by atoms with van der Waals surface area (Å²) in [6.07, 6.45) is -1.82. The average Bonchev–Trinajstić information content (AvgIpc) is 2.83. The van der Waals surface area contributed by atoms with Crippen LogP contribution in [0.25, 0.3) is 0 Å². The van der Waals surface area contributed by atoms with Crippen LogP contribution in [-0.2, 0) is 25.6 Å². The lowest BCUT2D eigenvalue weighted by atomic mass is 9.99. The first-order valence-electron chi connectivity index (χ1n) is 10.1. The van der Waals surface area contributed by atoms with E-state index in [4.69, 9.17) is 8.92 Å². The van der Waals surface area contributed by atoms with Crippen molar-refractivity contribution in [3.63, 3.8) is 0 Å². The van der Waals surface area contributed by atoms with Crippen LogP contribution in [0.15, 0.2) is 95.9 Å². The van der Waals surface area contributed by atoms with Gasteiger partial charge >= 0.3 is 6.09 Å². The molecule has 8 heteroatoms. The van der Waals surface area contributed by atoms with Gasteiger partial charge in [-0.3, -0.25) is 4.18 Å². The number of rotatable bonds is 10. The Bertz CT molecular complexity index is 1080. The Morgan fingerprint density at radius 1 is 0.875 bits per heavy atom. The minimum Gasteiger partial charge on any atom is -0.445 e. The van der Waals surface area contributed by atoms with Gasteiger partial charge in [0, 0.05) is 6.42 Å². The van der Waals surface area contributed by atoms with Gasteiger partial charge in [0.15, 0.2) is 0 Å². The third kappa shape index (κ3) is 6.91. The van der Waals surface area contributed by atoms with Crippen LogP contribution in [0.4, 0.5) is 4.79 Å². The van der Waals surface area contributed by atoms with E-state index in [1.165, 1.54) is 12.1 Å². The highest BCUT2D eigenvalue weighted by Crippen LogP contribution is 2.21. The molecule has 3 aromatic rings.